The number of nitrogens with zero attached hydrogens (tertiary/aromatic N) is 1. The summed E-state index contributed by atoms with van der Waals surface area (Å²) in [7, 11) is 0. The van der Waals surface area contributed by atoms with Gasteiger partial charge in [-0.15, -0.1) is 0 Å². The molecule has 7 heteroatoms. The summed E-state index contributed by atoms with van der Waals surface area (Å²) in [4.78, 5) is 22.5. The van der Waals surface area contributed by atoms with Crippen LogP contribution in [0.25, 0.3) is 0 Å². The number of aliphatic carboxylic acids is 1. The number of carbonyl (C=O) groups excluding carboxylic acids is 1. The van der Waals surface area contributed by atoms with E-state index in [-0.39, 0.29) is 25.4 Å². The van der Waals surface area contributed by atoms with Crippen molar-refractivity contribution in [2.45, 2.75) is 39.2 Å². The number of carbonyl (C=O) groups is 2. The fourth-order valence-electron chi connectivity index (χ4n) is 1.75. The number of carboxylic acid groups (broad SMARTS) is 1. The summed E-state index contributed by atoms with van der Waals surface area (Å²) in [5, 5.41) is 23.7. The second-order valence-corrected chi connectivity index (χ2v) is 4.27. The number of aryl methyl sites for hydroxylation is 2. The first-order chi connectivity index (χ1) is 8.95. The number of aliphatic hydroxyl groups excluding tert-OH is 1. The van der Waals surface area contributed by atoms with Crippen LogP contribution in [-0.4, -0.2) is 39.9 Å². The fourth-order valence-corrected chi connectivity index (χ4v) is 1.75. The molecule has 0 aliphatic heterocycles. The predicted octanol–water partition coefficient (Wildman–Crippen LogP) is 0.176. The van der Waals surface area contributed by atoms with Gasteiger partial charge in [0, 0.05) is 25.0 Å². The van der Waals surface area contributed by atoms with E-state index in [0.717, 1.165) is 11.3 Å². The number of carboxylic acids is 1. The van der Waals surface area contributed by atoms with Gasteiger partial charge in [-0.05, 0) is 20.3 Å². The minimum atomic E-state index is -1.15. The number of rotatable bonds is 7. The second-order valence-electron chi connectivity index (χ2n) is 4.27. The lowest BCUT2D eigenvalue weighted by molar-refractivity contribution is -0.142. The third-order valence-electron chi connectivity index (χ3n) is 2.83. The van der Waals surface area contributed by atoms with E-state index in [0.29, 0.717) is 12.2 Å². The summed E-state index contributed by atoms with van der Waals surface area (Å²) in [5.74, 6) is -0.865. The molecule has 1 aromatic rings. The maximum absolute atomic E-state index is 11.6. The first-order valence-electron chi connectivity index (χ1n) is 6.00. The molecule has 3 N–H and O–H groups in total. The fraction of sp³-hybridized carbons (Fsp3) is 0.583. The molecular weight excluding hydrogens is 252 g/mol. The summed E-state index contributed by atoms with van der Waals surface area (Å²) < 4.78 is 4.98. The number of hydrogen-bond acceptors (Lipinski definition) is 5. The SMILES string of the molecule is Cc1noc(C)c1CCC(=O)N[C@H](CCO)C(=O)O. The minimum Gasteiger partial charge on any atom is -0.480 e. The molecule has 0 fully saturated rings. The summed E-state index contributed by atoms with van der Waals surface area (Å²) in [5.41, 5.74) is 1.60. The highest BCUT2D eigenvalue weighted by molar-refractivity contribution is 5.83. The van der Waals surface area contributed by atoms with Gasteiger partial charge in [-0.1, -0.05) is 5.16 Å². The van der Waals surface area contributed by atoms with Crippen LogP contribution in [0.4, 0.5) is 0 Å². The van der Waals surface area contributed by atoms with Gasteiger partial charge in [0.05, 0.1) is 5.69 Å². The Bertz CT molecular complexity index is 435. The Morgan fingerprint density at radius 2 is 2.11 bits per heavy atom. The zero-order chi connectivity index (χ0) is 14.4. The van der Waals surface area contributed by atoms with Gasteiger partial charge in [-0.25, -0.2) is 4.79 Å². The van der Waals surface area contributed by atoms with Gasteiger partial charge in [0.1, 0.15) is 11.8 Å². The van der Waals surface area contributed by atoms with Gasteiger partial charge >= 0.3 is 5.97 Å². The molecule has 106 valence electrons. The highest BCUT2D eigenvalue weighted by Crippen LogP contribution is 2.14. The Hall–Kier alpha value is -1.89. The van der Waals surface area contributed by atoms with E-state index in [9.17, 15) is 9.59 Å². The number of nitrogens with one attached hydrogen (secondary N) is 1. The highest BCUT2D eigenvalue weighted by atomic mass is 16.5. The summed E-state index contributed by atoms with van der Waals surface area (Å²) in [6.45, 7) is 3.26. The van der Waals surface area contributed by atoms with Crippen LogP contribution in [-0.2, 0) is 16.0 Å². The quantitative estimate of drug-likeness (QED) is 0.651. The van der Waals surface area contributed by atoms with Crippen LogP contribution in [0.15, 0.2) is 4.52 Å². The average Bonchev–Trinajstić information content (AvgIpc) is 2.66. The van der Waals surface area contributed by atoms with Crippen molar-refractivity contribution in [1.82, 2.24) is 10.5 Å². The molecule has 0 saturated heterocycles. The monoisotopic (exact) mass is 270 g/mol. The van der Waals surface area contributed by atoms with E-state index in [1.165, 1.54) is 0 Å². The second kappa shape index (κ2) is 6.89. The van der Waals surface area contributed by atoms with Crippen LogP contribution in [0.3, 0.4) is 0 Å². The van der Waals surface area contributed by atoms with Crippen LogP contribution in [0.5, 0.6) is 0 Å². The molecule has 1 aromatic heterocycles. The molecule has 1 atom stereocenters. The highest BCUT2D eigenvalue weighted by Gasteiger charge is 2.19. The molecule has 1 amide bonds. The Balaban J connectivity index is 2.49. The first kappa shape index (κ1) is 15.2. The molecule has 0 bridgehead atoms. The van der Waals surface area contributed by atoms with Crippen molar-refractivity contribution >= 4 is 11.9 Å². The third-order valence-corrected chi connectivity index (χ3v) is 2.83. The van der Waals surface area contributed by atoms with Crippen molar-refractivity contribution in [2.75, 3.05) is 6.61 Å². The summed E-state index contributed by atoms with van der Waals surface area (Å²) in [6.07, 6.45) is 0.586. The van der Waals surface area contributed by atoms with E-state index < -0.39 is 12.0 Å². The number of amides is 1. The van der Waals surface area contributed by atoms with Crippen LogP contribution in [0, 0.1) is 13.8 Å². The molecule has 0 aliphatic carbocycles. The molecule has 0 aromatic carbocycles. The maximum atomic E-state index is 11.6. The molecule has 1 rings (SSSR count). The minimum absolute atomic E-state index is 0.00754. The van der Waals surface area contributed by atoms with Crippen LogP contribution < -0.4 is 5.32 Å². The van der Waals surface area contributed by atoms with E-state index in [4.69, 9.17) is 14.7 Å². The van der Waals surface area contributed by atoms with Crippen LogP contribution in [0.2, 0.25) is 0 Å². The average molecular weight is 270 g/mol. The van der Waals surface area contributed by atoms with E-state index >= 15 is 0 Å². The predicted molar refractivity (Wildman–Crippen MR) is 65.6 cm³/mol. The van der Waals surface area contributed by atoms with Crippen molar-refractivity contribution < 1.29 is 24.3 Å². The zero-order valence-electron chi connectivity index (χ0n) is 11.0. The lowest BCUT2D eigenvalue weighted by Crippen LogP contribution is -2.41. The number of aliphatic hydroxyl groups is 1. The molecule has 0 unspecified atom stereocenters. The van der Waals surface area contributed by atoms with Crippen molar-refractivity contribution in [3.05, 3.63) is 17.0 Å². The van der Waals surface area contributed by atoms with E-state index in [1.807, 2.05) is 0 Å². The Labute approximate surface area is 110 Å². The molecule has 19 heavy (non-hydrogen) atoms. The van der Waals surface area contributed by atoms with Crippen molar-refractivity contribution in [1.29, 1.82) is 0 Å². The Morgan fingerprint density at radius 1 is 1.42 bits per heavy atom. The molecular formula is C12H18N2O5. The lowest BCUT2D eigenvalue weighted by Gasteiger charge is -2.12. The Kier molecular flexibility index (Phi) is 5.50. The maximum Gasteiger partial charge on any atom is 0.326 e. The third kappa shape index (κ3) is 4.36. The van der Waals surface area contributed by atoms with Crippen molar-refractivity contribution in [2.24, 2.45) is 0 Å². The van der Waals surface area contributed by atoms with Crippen molar-refractivity contribution in [3.63, 3.8) is 0 Å². The van der Waals surface area contributed by atoms with Gasteiger partial charge in [-0.3, -0.25) is 4.79 Å². The zero-order valence-corrected chi connectivity index (χ0v) is 11.0. The molecule has 7 nitrogen and oxygen atoms in total. The molecule has 1 heterocycles. The van der Waals surface area contributed by atoms with Crippen molar-refractivity contribution in [3.8, 4) is 0 Å². The van der Waals surface area contributed by atoms with Gasteiger partial charge in [-0.2, -0.15) is 0 Å². The van der Waals surface area contributed by atoms with Gasteiger partial charge in [0.25, 0.3) is 0 Å². The summed E-state index contributed by atoms with van der Waals surface area (Å²) in [6, 6.07) is -1.05. The van der Waals surface area contributed by atoms with Crippen LogP contribution in [0.1, 0.15) is 29.9 Å². The van der Waals surface area contributed by atoms with Gasteiger partial charge in [0.2, 0.25) is 5.91 Å². The first-order valence-corrected chi connectivity index (χ1v) is 6.00. The molecule has 0 saturated carbocycles. The number of hydrogen-bond donors (Lipinski definition) is 3. The largest absolute Gasteiger partial charge is 0.480 e. The Morgan fingerprint density at radius 3 is 2.58 bits per heavy atom. The molecule has 0 aliphatic rings. The van der Waals surface area contributed by atoms with E-state index in [2.05, 4.69) is 10.5 Å². The summed E-state index contributed by atoms with van der Waals surface area (Å²) >= 11 is 0. The lowest BCUT2D eigenvalue weighted by atomic mass is 10.1. The topological polar surface area (TPSA) is 113 Å². The van der Waals surface area contributed by atoms with Gasteiger partial charge < -0.3 is 20.1 Å². The van der Waals surface area contributed by atoms with Crippen LogP contribution >= 0.6 is 0 Å². The normalized spacial score (nSPS) is 12.2. The van der Waals surface area contributed by atoms with E-state index in [1.54, 1.807) is 13.8 Å². The number of aromatic nitrogens is 1. The standard InChI is InChI=1S/C12H18N2O5/c1-7-9(8(2)19-14-7)3-4-11(16)13-10(5-6-15)12(17)18/h10,15H,3-6H2,1-2H3,(H,13,16)(H,17,18)/t10-/m1/s1. The van der Waals surface area contributed by atoms with Gasteiger partial charge in [0.15, 0.2) is 0 Å². The molecule has 0 spiro atoms. The smallest absolute Gasteiger partial charge is 0.326 e. The molecule has 0 radical (unpaired) electrons.